The lowest BCUT2D eigenvalue weighted by molar-refractivity contribution is 0.222. The van der Waals surface area contributed by atoms with Crippen LogP contribution in [0.2, 0.25) is 0 Å². The van der Waals surface area contributed by atoms with Crippen molar-refractivity contribution in [2.45, 2.75) is 19.4 Å². The third kappa shape index (κ3) is 3.13. The van der Waals surface area contributed by atoms with Crippen LogP contribution in [0.4, 0.5) is 0 Å². The first-order valence-electron chi connectivity index (χ1n) is 5.60. The number of benzene rings is 2. The largest absolute Gasteiger partial charge is 0.490 e. The van der Waals surface area contributed by atoms with Gasteiger partial charge in [0.05, 0.1) is 6.10 Å². The third-order valence-electron chi connectivity index (χ3n) is 2.45. The van der Waals surface area contributed by atoms with Crippen LogP contribution in [0.25, 0.3) is 0 Å². The Kier molecular flexibility index (Phi) is 3.60. The van der Waals surface area contributed by atoms with Gasteiger partial charge in [0, 0.05) is 6.42 Å². The van der Waals surface area contributed by atoms with E-state index < -0.39 is 0 Å². The van der Waals surface area contributed by atoms with Gasteiger partial charge in [-0.1, -0.05) is 48.5 Å². The van der Waals surface area contributed by atoms with Crippen LogP contribution in [0, 0.1) is 0 Å². The molecule has 0 aliphatic rings. The van der Waals surface area contributed by atoms with Gasteiger partial charge in [0.25, 0.3) is 0 Å². The van der Waals surface area contributed by atoms with Crippen LogP contribution in [0.15, 0.2) is 60.7 Å². The van der Waals surface area contributed by atoms with Gasteiger partial charge in [-0.2, -0.15) is 0 Å². The fourth-order valence-corrected chi connectivity index (χ4v) is 1.72. The van der Waals surface area contributed by atoms with Crippen LogP contribution in [-0.2, 0) is 6.42 Å². The molecule has 0 spiro atoms. The zero-order valence-corrected chi connectivity index (χ0v) is 9.47. The SMILES string of the molecule is CC(Cc1ccccc1)Oc1ccccc1. The molecule has 1 unspecified atom stereocenters. The van der Waals surface area contributed by atoms with Crippen molar-refractivity contribution in [3.8, 4) is 5.75 Å². The molecule has 0 amide bonds. The smallest absolute Gasteiger partial charge is 0.119 e. The second-order valence-corrected chi connectivity index (χ2v) is 3.93. The van der Waals surface area contributed by atoms with E-state index in [-0.39, 0.29) is 6.10 Å². The van der Waals surface area contributed by atoms with Gasteiger partial charge in [-0.3, -0.25) is 0 Å². The van der Waals surface area contributed by atoms with Crippen molar-refractivity contribution in [1.29, 1.82) is 0 Å². The Morgan fingerprint density at radius 1 is 0.875 bits per heavy atom. The fourth-order valence-electron chi connectivity index (χ4n) is 1.72. The molecule has 2 aromatic carbocycles. The molecule has 0 saturated carbocycles. The van der Waals surface area contributed by atoms with Crippen LogP contribution >= 0.6 is 0 Å². The first kappa shape index (κ1) is 10.7. The molecule has 0 bridgehead atoms. The van der Waals surface area contributed by atoms with Gasteiger partial charge in [-0.15, -0.1) is 0 Å². The zero-order chi connectivity index (χ0) is 11.2. The average Bonchev–Trinajstić information content (AvgIpc) is 2.31. The number of para-hydroxylation sites is 1. The molecule has 0 radical (unpaired) electrons. The van der Waals surface area contributed by atoms with Crippen molar-refractivity contribution in [1.82, 2.24) is 0 Å². The molecule has 2 rings (SSSR count). The molecule has 0 heterocycles. The normalized spacial score (nSPS) is 12.1. The van der Waals surface area contributed by atoms with Crippen LogP contribution < -0.4 is 4.74 Å². The first-order chi connectivity index (χ1) is 7.84. The summed E-state index contributed by atoms with van der Waals surface area (Å²) in [6.45, 7) is 2.10. The van der Waals surface area contributed by atoms with Gasteiger partial charge in [0.1, 0.15) is 5.75 Å². The molecule has 16 heavy (non-hydrogen) atoms. The predicted molar refractivity (Wildman–Crippen MR) is 66.7 cm³/mol. The van der Waals surface area contributed by atoms with Crippen molar-refractivity contribution in [3.05, 3.63) is 66.2 Å². The zero-order valence-electron chi connectivity index (χ0n) is 9.47. The van der Waals surface area contributed by atoms with E-state index >= 15 is 0 Å². The van der Waals surface area contributed by atoms with E-state index in [1.807, 2.05) is 36.4 Å². The minimum absolute atomic E-state index is 0.199. The maximum Gasteiger partial charge on any atom is 0.119 e. The summed E-state index contributed by atoms with van der Waals surface area (Å²) in [5, 5.41) is 0. The summed E-state index contributed by atoms with van der Waals surface area (Å²) in [5.41, 5.74) is 1.31. The molecule has 0 saturated heterocycles. The molecule has 0 aliphatic heterocycles. The third-order valence-corrected chi connectivity index (χ3v) is 2.45. The van der Waals surface area contributed by atoms with Crippen molar-refractivity contribution in [3.63, 3.8) is 0 Å². The van der Waals surface area contributed by atoms with Crippen LogP contribution in [0.3, 0.4) is 0 Å². The van der Waals surface area contributed by atoms with Gasteiger partial charge >= 0.3 is 0 Å². The molecule has 82 valence electrons. The average molecular weight is 212 g/mol. The number of hydrogen-bond donors (Lipinski definition) is 0. The molecule has 0 aliphatic carbocycles. The van der Waals surface area contributed by atoms with E-state index in [2.05, 4.69) is 31.2 Å². The standard InChI is InChI=1S/C15H16O/c1-13(12-14-8-4-2-5-9-14)16-15-10-6-3-7-11-15/h2-11,13H,12H2,1H3. The second-order valence-electron chi connectivity index (χ2n) is 3.93. The monoisotopic (exact) mass is 212 g/mol. The molecule has 0 N–H and O–H groups in total. The van der Waals surface area contributed by atoms with Crippen LogP contribution in [-0.4, -0.2) is 6.10 Å². The van der Waals surface area contributed by atoms with Gasteiger partial charge < -0.3 is 4.74 Å². The Balaban J connectivity index is 1.92. The van der Waals surface area contributed by atoms with E-state index in [9.17, 15) is 0 Å². The summed E-state index contributed by atoms with van der Waals surface area (Å²) in [4.78, 5) is 0. The molecular formula is C15H16O. The summed E-state index contributed by atoms with van der Waals surface area (Å²) in [6, 6.07) is 20.4. The maximum absolute atomic E-state index is 5.82. The number of rotatable bonds is 4. The summed E-state index contributed by atoms with van der Waals surface area (Å²) in [5.74, 6) is 0.936. The van der Waals surface area contributed by atoms with Gasteiger partial charge in [-0.05, 0) is 24.6 Å². The topological polar surface area (TPSA) is 9.23 Å². The maximum atomic E-state index is 5.82. The Labute approximate surface area is 96.7 Å². The summed E-state index contributed by atoms with van der Waals surface area (Å²) >= 11 is 0. The van der Waals surface area contributed by atoms with E-state index in [0.717, 1.165) is 12.2 Å². The van der Waals surface area contributed by atoms with Crippen molar-refractivity contribution >= 4 is 0 Å². The van der Waals surface area contributed by atoms with E-state index in [1.54, 1.807) is 0 Å². The van der Waals surface area contributed by atoms with Gasteiger partial charge in [0.2, 0.25) is 0 Å². The predicted octanol–water partition coefficient (Wildman–Crippen LogP) is 3.70. The number of hydrogen-bond acceptors (Lipinski definition) is 1. The lowest BCUT2D eigenvalue weighted by atomic mass is 10.1. The van der Waals surface area contributed by atoms with Gasteiger partial charge in [-0.25, -0.2) is 0 Å². The molecule has 0 fully saturated rings. The highest BCUT2D eigenvalue weighted by atomic mass is 16.5. The van der Waals surface area contributed by atoms with E-state index in [4.69, 9.17) is 4.74 Å². The lowest BCUT2D eigenvalue weighted by Gasteiger charge is -2.14. The molecule has 1 heteroatoms. The minimum atomic E-state index is 0.199. The molecular weight excluding hydrogens is 196 g/mol. The quantitative estimate of drug-likeness (QED) is 0.751. The molecule has 0 aromatic heterocycles. The lowest BCUT2D eigenvalue weighted by Crippen LogP contribution is -2.14. The van der Waals surface area contributed by atoms with Crippen molar-refractivity contribution in [2.75, 3.05) is 0 Å². The van der Waals surface area contributed by atoms with Gasteiger partial charge in [0.15, 0.2) is 0 Å². The van der Waals surface area contributed by atoms with Crippen molar-refractivity contribution in [2.24, 2.45) is 0 Å². The fraction of sp³-hybridized carbons (Fsp3) is 0.200. The Morgan fingerprint density at radius 2 is 1.44 bits per heavy atom. The van der Waals surface area contributed by atoms with E-state index in [0.29, 0.717) is 0 Å². The molecule has 1 nitrogen and oxygen atoms in total. The highest BCUT2D eigenvalue weighted by Crippen LogP contribution is 2.13. The summed E-state index contributed by atoms with van der Waals surface area (Å²) in [7, 11) is 0. The minimum Gasteiger partial charge on any atom is -0.490 e. The van der Waals surface area contributed by atoms with Crippen LogP contribution in [0.5, 0.6) is 5.75 Å². The summed E-state index contributed by atoms with van der Waals surface area (Å²) < 4.78 is 5.82. The molecule has 1 atom stereocenters. The highest BCUT2D eigenvalue weighted by molar-refractivity contribution is 5.22. The first-order valence-corrected chi connectivity index (χ1v) is 5.60. The summed E-state index contributed by atoms with van der Waals surface area (Å²) in [6.07, 6.45) is 1.14. The Hall–Kier alpha value is -1.76. The van der Waals surface area contributed by atoms with E-state index in [1.165, 1.54) is 5.56 Å². The highest BCUT2D eigenvalue weighted by Gasteiger charge is 2.04. The number of ether oxygens (including phenoxy) is 1. The Bertz CT molecular complexity index is 366. The Morgan fingerprint density at radius 3 is 2.06 bits per heavy atom. The van der Waals surface area contributed by atoms with Crippen molar-refractivity contribution < 1.29 is 4.74 Å². The van der Waals surface area contributed by atoms with Crippen LogP contribution in [0.1, 0.15) is 12.5 Å². The second kappa shape index (κ2) is 5.36. The molecule has 2 aromatic rings.